The first-order valence-corrected chi connectivity index (χ1v) is 5.11. The highest BCUT2D eigenvalue weighted by Crippen LogP contribution is 2.14. The fourth-order valence-electron chi connectivity index (χ4n) is 1.20. The van der Waals surface area contributed by atoms with Crippen LogP contribution in [0.1, 0.15) is 38.7 Å². The smallest absolute Gasteiger partial charge is 0.147 e. The van der Waals surface area contributed by atoms with Gasteiger partial charge < -0.3 is 5.32 Å². The second-order valence-electron chi connectivity index (χ2n) is 4.00. The Bertz CT molecular complexity index is 294. The first-order valence-electron chi connectivity index (χ1n) is 5.11. The van der Waals surface area contributed by atoms with Gasteiger partial charge in [-0.15, -0.1) is 0 Å². The Morgan fingerprint density at radius 1 is 1.43 bits per heavy atom. The van der Waals surface area contributed by atoms with Crippen LogP contribution in [0.4, 0.5) is 0 Å². The lowest BCUT2D eigenvalue weighted by Crippen LogP contribution is -2.35. The number of aromatic nitrogens is 2. The van der Waals surface area contributed by atoms with Gasteiger partial charge in [0, 0.05) is 11.9 Å². The van der Waals surface area contributed by atoms with Gasteiger partial charge in [0.15, 0.2) is 0 Å². The van der Waals surface area contributed by atoms with Crippen LogP contribution in [-0.4, -0.2) is 17.0 Å². The van der Waals surface area contributed by atoms with E-state index < -0.39 is 0 Å². The van der Waals surface area contributed by atoms with Gasteiger partial charge >= 0.3 is 0 Å². The summed E-state index contributed by atoms with van der Waals surface area (Å²) in [5, 5.41) is 3.20. The lowest BCUT2D eigenvalue weighted by molar-refractivity contribution is 0.415. The highest BCUT2D eigenvalue weighted by atomic mass is 15.0. The molecular formula is C11H19N3. The predicted molar refractivity (Wildman–Crippen MR) is 58.1 cm³/mol. The van der Waals surface area contributed by atoms with Crippen molar-refractivity contribution in [1.82, 2.24) is 15.3 Å². The van der Waals surface area contributed by atoms with Crippen LogP contribution in [0.3, 0.4) is 0 Å². The van der Waals surface area contributed by atoms with Gasteiger partial charge in [-0.25, -0.2) is 9.97 Å². The quantitative estimate of drug-likeness (QED) is 0.793. The summed E-state index contributed by atoms with van der Waals surface area (Å²) in [6, 6.07) is 1.98. The van der Waals surface area contributed by atoms with E-state index in [-0.39, 0.29) is 5.54 Å². The second-order valence-corrected chi connectivity index (χ2v) is 4.00. The number of hydrogen-bond acceptors (Lipinski definition) is 3. The van der Waals surface area contributed by atoms with Crippen LogP contribution >= 0.6 is 0 Å². The van der Waals surface area contributed by atoms with Crippen molar-refractivity contribution in [2.24, 2.45) is 0 Å². The number of rotatable bonds is 4. The van der Waals surface area contributed by atoms with E-state index in [4.69, 9.17) is 0 Å². The predicted octanol–water partition coefficient (Wildman–Crippen LogP) is 1.88. The molecule has 0 aliphatic rings. The van der Waals surface area contributed by atoms with Gasteiger partial charge in [0.1, 0.15) is 5.82 Å². The molecule has 0 amide bonds. The summed E-state index contributed by atoms with van der Waals surface area (Å²) in [6.07, 6.45) is 3.98. The molecule has 1 N–H and O–H groups in total. The van der Waals surface area contributed by atoms with Crippen molar-refractivity contribution in [3.05, 3.63) is 23.8 Å². The van der Waals surface area contributed by atoms with Crippen molar-refractivity contribution in [1.29, 1.82) is 0 Å². The first-order chi connectivity index (χ1) is 6.60. The van der Waals surface area contributed by atoms with Gasteiger partial charge in [0.25, 0.3) is 0 Å². The molecule has 1 heterocycles. The number of nitrogens with one attached hydrogen (secondary N) is 1. The summed E-state index contributed by atoms with van der Waals surface area (Å²) in [5.74, 6) is 0.867. The van der Waals surface area contributed by atoms with Gasteiger partial charge in [-0.05, 0) is 33.4 Å². The summed E-state index contributed by atoms with van der Waals surface area (Å²) in [5.41, 5.74) is 0.977. The van der Waals surface area contributed by atoms with E-state index in [0.717, 1.165) is 24.4 Å². The maximum absolute atomic E-state index is 4.53. The molecule has 3 heteroatoms. The zero-order valence-electron chi connectivity index (χ0n) is 9.46. The minimum atomic E-state index is -0.149. The Kier molecular flexibility index (Phi) is 3.58. The molecule has 14 heavy (non-hydrogen) atoms. The summed E-state index contributed by atoms with van der Waals surface area (Å²) in [7, 11) is 1.93. The van der Waals surface area contributed by atoms with Gasteiger partial charge in [0.2, 0.25) is 0 Å². The molecule has 0 atom stereocenters. The van der Waals surface area contributed by atoms with Gasteiger partial charge in [-0.3, -0.25) is 0 Å². The fourth-order valence-corrected chi connectivity index (χ4v) is 1.20. The standard InChI is InChI=1S/C11H19N3/c1-5-6-9-7-8-13-10(14-9)11(2,3)12-4/h7-8,12H,5-6H2,1-4H3. The van der Waals surface area contributed by atoms with Crippen LogP contribution < -0.4 is 5.32 Å². The van der Waals surface area contributed by atoms with Crippen LogP contribution in [0.2, 0.25) is 0 Å². The van der Waals surface area contributed by atoms with Crippen molar-refractivity contribution in [2.75, 3.05) is 7.05 Å². The molecule has 0 aliphatic carbocycles. The van der Waals surface area contributed by atoms with Crippen molar-refractivity contribution >= 4 is 0 Å². The molecule has 0 radical (unpaired) electrons. The van der Waals surface area contributed by atoms with E-state index in [1.807, 2.05) is 19.3 Å². The monoisotopic (exact) mass is 193 g/mol. The average molecular weight is 193 g/mol. The first kappa shape index (κ1) is 11.1. The van der Waals surface area contributed by atoms with E-state index in [1.54, 1.807) is 0 Å². The zero-order chi connectivity index (χ0) is 10.6. The summed E-state index contributed by atoms with van der Waals surface area (Å²) >= 11 is 0. The lowest BCUT2D eigenvalue weighted by Gasteiger charge is -2.22. The molecule has 1 rings (SSSR count). The molecule has 0 aromatic carbocycles. The Hall–Kier alpha value is -0.960. The maximum atomic E-state index is 4.53. The zero-order valence-corrected chi connectivity index (χ0v) is 9.46. The van der Waals surface area contributed by atoms with Crippen LogP contribution in [0, 0.1) is 0 Å². The maximum Gasteiger partial charge on any atom is 0.147 e. The Balaban J connectivity index is 2.93. The average Bonchev–Trinajstić information content (AvgIpc) is 2.19. The van der Waals surface area contributed by atoms with E-state index in [2.05, 4.69) is 36.1 Å². The molecule has 0 saturated heterocycles. The number of hydrogen-bond donors (Lipinski definition) is 1. The third-order valence-electron chi connectivity index (χ3n) is 2.40. The van der Waals surface area contributed by atoms with Gasteiger partial charge in [0.05, 0.1) is 5.54 Å². The van der Waals surface area contributed by atoms with E-state index in [1.165, 1.54) is 0 Å². The molecule has 0 spiro atoms. The Morgan fingerprint density at radius 3 is 2.71 bits per heavy atom. The Morgan fingerprint density at radius 2 is 2.14 bits per heavy atom. The van der Waals surface area contributed by atoms with Crippen LogP contribution in [0.15, 0.2) is 12.3 Å². The van der Waals surface area contributed by atoms with Crippen molar-refractivity contribution in [3.8, 4) is 0 Å². The van der Waals surface area contributed by atoms with Crippen molar-refractivity contribution < 1.29 is 0 Å². The minimum Gasteiger partial charge on any atom is -0.308 e. The molecule has 0 saturated carbocycles. The molecule has 78 valence electrons. The highest BCUT2D eigenvalue weighted by molar-refractivity contribution is 5.08. The fraction of sp³-hybridized carbons (Fsp3) is 0.636. The summed E-state index contributed by atoms with van der Waals surface area (Å²) in [6.45, 7) is 6.32. The van der Waals surface area contributed by atoms with Gasteiger partial charge in [-0.1, -0.05) is 13.3 Å². The largest absolute Gasteiger partial charge is 0.308 e. The number of nitrogens with zero attached hydrogens (tertiary/aromatic N) is 2. The van der Waals surface area contributed by atoms with E-state index in [0.29, 0.717) is 0 Å². The van der Waals surface area contributed by atoms with E-state index >= 15 is 0 Å². The molecule has 0 unspecified atom stereocenters. The topological polar surface area (TPSA) is 37.8 Å². The lowest BCUT2D eigenvalue weighted by atomic mass is 10.1. The molecular weight excluding hydrogens is 174 g/mol. The molecule has 0 bridgehead atoms. The van der Waals surface area contributed by atoms with Crippen LogP contribution in [0.5, 0.6) is 0 Å². The SMILES string of the molecule is CCCc1ccnc(C(C)(C)NC)n1. The molecule has 1 aromatic rings. The molecule has 3 nitrogen and oxygen atoms in total. The van der Waals surface area contributed by atoms with Crippen molar-refractivity contribution in [3.63, 3.8) is 0 Å². The third kappa shape index (κ3) is 2.51. The van der Waals surface area contributed by atoms with Crippen molar-refractivity contribution in [2.45, 2.75) is 39.2 Å². The third-order valence-corrected chi connectivity index (χ3v) is 2.40. The highest BCUT2D eigenvalue weighted by Gasteiger charge is 2.20. The second kappa shape index (κ2) is 4.51. The number of aryl methyl sites for hydroxylation is 1. The van der Waals surface area contributed by atoms with Crippen LogP contribution in [-0.2, 0) is 12.0 Å². The van der Waals surface area contributed by atoms with E-state index in [9.17, 15) is 0 Å². The molecule has 0 fully saturated rings. The summed E-state index contributed by atoms with van der Waals surface area (Å²) < 4.78 is 0. The Labute approximate surface area is 86.0 Å². The molecule has 1 aromatic heterocycles. The molecule has 0 aliphatic heterocycles. The normalized spacial score (nSPS) is 11.7. The van der Waals surface area contributed by atoms with Gasteiger partial charge in [-0.2, -0.15) is 0 Å². The van der Waals surface area contributed by atoms with Crippen LogP contribution in [0.25, 0.3) is 0 Å². The summed E-state index contributed by atoms with van der Waals surface area (Å²) in [4.78, 5) is 8.82. The minimum absolute atomic E-state index is 0.149.